The quantitative estimate of drug-likeness (QED) is 0.252. The van der Waals surface area contributed by atoms with Gasteiger partial charge >= 0.3 is 0 Å². The lowest BCUT2D eigenvalue weighted by Crippen LogP contribution is -2.23. The lowest BCUT2D eigenvalue weighted by atomic mass is 11.3. The van der Waals surface area contributed by atoms with Gasteiger partial charge in [0.15, 0.2) is 0 Å². The third-order valence-electron chi connectivity index (χ3n) is 1.07. The minimum atomic E-state index is -0.426. The molecule has 0 amide bonds. The monoisotopic (exact) mass is 177 g/mol. The first-order chi connectivity index (χ1) is 4.85. The van der Waals surface area contributed by atoms with Gasteiger partial charge in [-0.25, -0.2) is 4.99 Å². The third-order valence-corrected chi connectivity index (χ3v) is 2.82. The van der Waals surface area contributed by atoms with Gasteiger partial charge in [-0.1, -0.05) is 0 Å². The normalized spacial score (nSPS) is 10.7. The molecule has 0 heterocycles. The van der Waals surface area contributed by atoms with Crippen molar-refractivity contribution in [2.75, 3.05) is 20.4 Å². The maximum atomic E-state index is 4.96. The molecule has 0 aliphatic heterocycles. The van der Waals surface area contributed by atoms with E-state index in [4.69, 9.17) is 9.47 Å². The second kappa shape index (κ2) is 7.05. The summed E-state index contributed by atoms with van der Waals surface area (Å²) in [4.78, 5) is 3.77. The molecule has 0 saturated carbocycles. The van der Waals surface area contributed by atoms with Gasteiger partial charge in [0.05, 0.1) is 5.16 Å². The predicted molar refractivity (Wildman–Crippen MR) is 46.2 cm³/mol. The zero-order valence-corrected chi connectivity index (χ0v) is 8.39. The number of aliphatic imine (C=N–C) groups is 1. The highest BCUT2D eigenvalue weighted by Gasteiger charge is 2.02. The van der Waals surface area contributed by atoms with Crippen LogP contribution >= 0.6 is 12.2 Å². The molecule has 0 N–H and O–H groups in total. The highest BCUT2D eigenvalue weighted by Crippen LogP contribution is 1.86. The Kier molecular flexibility index (Phi) is 7.00. The van der Waals surface area contributed by atoms with Crippen molar-refractivity contribution in [3.8, 4) is 0 Å². The van der Waals surface area contributed by atoms with Gasteiger partial charge in [0.1, 0.15) is 15.4 Å². The van der Waals surface area contributed by atoms with Gasteiger partial charge in [0, 0.05) is 20.4 Å². The Morgan fingerprint density at radius 1 is 1.60 bits per heavy atom. The van der Waals surface area contributed by atoms with Gasteiger partial charge in [-0.05, 0) is 12.2 Å². The maximum absolute atomic E-state index is 4.96. The van der Waals surface area contributed by atoms with Crippen molar-refractivity contribution in [3.63, 3.8) is 0 Å². The first-order valence-corrected chi connectivity index (χ1v) is 5.16. The number of hydrogen-bond acceptors (Lipinski definition) is 4. The predicted octanol–water partition coefficient (Wildman–Crippen LogP) is -0.208. The van der Waals surface area contributed by atoms with Crippen molar-refractivity contribution in [2.24, 2.45) is 4.99 Å². The van der Waals surface area contributed by atoms with Crippen LogP contribution in [-0.4, -0.2) is 41.0 Å². The summed E-state index contributed by atoms with van der Waals surface area (Å²) in [6.45, 7) is 0. The van der Waals surface area contributed by atoms with Gasteiger partial charge in [0.25, 0.3) is 0 Å². The molecule has 0 aliphatic carbocycles. The molecule has 0 spiro atoms. The molecule has 0 aliphatic rings. The van der Waals surface area contributed by atoms with E-state index in [2.05, 4.69) is 22.4 Å². The first-order valence-electron chi connectivity index (χ1n) is 2.94. The van der Waals surface area contributed by atoms with Crippen LogP contribution in [0.5, 0.6) is 0 Å². The number of hydrogen-bond donors (Lipinski definition) is 0. The molecule has 0 aromatic rings. The molecule has 5 heteroatoms. The zero-order chi connectivity index (χ0) is 7.82. The Balaban J connectivity index is 3.34. The summed E-state index contributed by atoms with van der Waals surface area (Å²) in [6, 6.07) is 0. The molecule has 0 rings (SSSR count). The van der Waals surface area contributed by atoms with E-state index < -0.39 is 9.52 Å². The summed E-state index contributed by atoms with van der Waals surface area (Å²) in [5, 5.41) is 2.30. The minimum Gasteiger partial charge on any atom is -0.360 e. The summed E-state index contributed by atoms with van der Waals surface area (Å²) < 4.78 is 9.93. The maximum Gasteiger partial charge on any atom is 0.136 e. The van der Waals surface area contributed by atoms with Crippen molar-refractivity contribution in [3.05, 3.63) is 0 Å². The molecule has 10 heavy (non-hydrogen) atoms. The SMILES string of the molecule is COC(OC)[SiH2]CN=C=S. The average Bonchev–Trinajstić information content (AvgIpc) is 1.99. The van der Waals surface area contributed by atoms with Crippen molar-refractivity contribution in [1.82, 2.24) is 0 Å². The summed E-state index contributed by atoms with van der Waals surface area (Å²) >= 11 is 4.40. The molecule has 0 aromatic heterocycles. The number of nitrogens with zero attached hydrogens (tertiary/aromatic N) is 1. The van der Waals surface area contributed by atoms with Crippen LogP contribution in [0, 0.1) is 0 Å². The fraction of sp³-hybridized carbons (Fsp3) is 0.800. The van der Waals surface area contributed by atoms with E-state index in [1.807, 2.05) is 0 Å². The number of ether oxygens (including phenoxy) is 2. The molecular weight excluding hydrogens is 166 g/mol. The van der Waals surface area contributed by atoms with Crippen LogP contribution in [-0.2, 0) is 9.47 Å². The summed E-state index contributed by atoms with van der Waals surface area (Å²) in [6.07, 6.45) is 0.746. The summed E-state index contributed by atoms with van der Waals surface area (Å²) in [5.74, 6) is -0.0351. The van der Waals surface area contributed by atoms with Gasteiger partial charge in [-0.15, -0.1) is 0 Å². The highest BCUT2D eigenvalue weighted by molar-refractivity contribution is 7.78. The molecule has 0 saturated heterocycles. The van der Waals surface area contributed by atoms with Crippen molar-refractivity contribution in [1.29, 1.82) is 0 Å². The van der Waals surface area contributed by atoms with E-state index in [-0.39, 0.29) is 5.91 Å². The third kappa shape index (κ3) is 4.78. The number of rotatable bonds is 5. The molecule has 0 aromatic carbocycles. The van der Waals surface area contributed by atoms with Gasteiger partial charge in [0.2, 0.25) is 0 Å². The van der Waals surface area contributed by atoms with E-state index in [1.165, 1.54) is 0 Å². The smallest absolute Gasteiger partial charge is 0.136 e. The van der Waals surface area contributed by atoms with Crippen molar-refractivity contribution >= 4 is 26.9 Å². The Morgan fingerprint density at radius 3 is 2.60 bits per heavy atom. The van der Waals surface area contributed by atoms with Crippen molar-refractivity contribution in [2.45, 2.75) is 5.91 Å². The zero-order valence-electron chi connectivity index (χ0n) is 6.16. The van der Waals surface area contributed by atoms with Gasteiger partial charge in [-0.2, -0.15) is 0 Å². The molecule has 58 valence electrons. The second-order valence-corrected chi connectivity index (χ2v) is 3.54. The minimum absolute atomic E-state index is 0.0351. The lowest BCUT2D eigenvalue weighted by Gasteiger charge is -2.09. The van der Waals surface area contributed by atoms with Crippen LogP contribution in [0.25, 0.3) is 0 Å². The van der Waals surface area contributed by atoms with Crippen LogP contribution in [0.15, 0.2) is 4.99 Å². The van der Waals surface area contributed by atoms with Gasteiger partial charge in [-0.3, -0.25) is 0 Å². The highest BCUT2D eigenvalue weighted by atomic mass is 32.1. The molecule has 0 fully saturated rings. The largest absolute Gasteiger partial charge is 0.360 e. The Labute approximate surface area is 68.3 Å². The standard InChI is InChI=1S/C5H11NO2SSi/c1-7-5(8-2)10-4-6-3-9/h5H,4,10H2,1-2H3. The second-order valence-electron chi connectivity index (χ2n) is 1.66. The van der Waals surface area contributed by atoms with Crippen LogP contribution in [0.1, 0.15) is 0 Å². The fourth-order valence-corrected chi connectivity index (χ4v) is 1.72. The van der Waals surface area contributed by atoms with Gasteiger partial charge < -0.3 is 9.47 Å². The van der Waals surface area contributed by atoms with Crippen LogP contribution in [0.3, 0.4) is 0 Å². The Morgan fingerprint density at radius 2 is 2.20 bits per heavy atom. The van der Waals surface area contributed by atoms with E-state index >= 15 is 0 Å². The Bertz CT molecular complexity index is 123. The van der Waals surface area contributed by atoms with Crippen LogP contribution < -0.4 is 0 Å². The number of thiocarbonyl (C=S) groups is 1. The summed E-state index contributed by atoms with van der Waals surface area (Å²) in [7, 11) is 2.83. The summed E-state index contributed by atoms with van der Waals surface area (Å²) in [5.41, 5.74) is 0. The molecule has 3 nitrogen and oxygen atoms in total. The topological polar surface area (TPSA) is 30.8 Å². The Hall–Kier alpha value is -0.0631. The molecule has 0 atom stereocenters. The first kappa shape index (κ1) is 9.94. The molecule has 0 bridgehead atoms. The van der Waals surface area contributed by atoms with E-state index in [1.54, 1.807) is 14.2 Å². The van der Waals surface area contributed by atoms with E-state index in [0.29, 0.717) is 0 Å². The van der Waals surface area contributed by atoms with E-state index in [9.17, 15) is 0 Å². The fourth-order valence-electron chi connectivity index (χ4n) is 0.548. The lowest BCUT2D eigenvalue weighted by molar-refractivity contribution is -0.0439. The molecule has 0 radical (unpaired) electrons. The molecule has 0 unspecified atom stereocenters. The van der Waals surface area contributed by atoms with Crippen molar-refractivity contribution < 1.29 is 9.47 Å². The molecular formula is C5H11NO2SSi. The average molecular weight is 177 g/mol. The van der Waals surface area contributed by atoms with Crippen LogP contribution in [0.2, 0.25) is 0 Å². The number of methoxy groups -OCH3 is 2. The number of isothiocyanates is 1. The van der Waals surface area contributed by atoms with E-state index in [0.717, 1.165) is 6.17 Å². The van der Waals surface area contributed by atoms with Crippen LogP contribution in [0.4, 0.5) is 0 Å².